The first-order chi connectivity index (χ1) is 13.4. The molecule has 1 aliphatic heterocycles. The van der Waals surface area contributed by atoms with Crippen molar-refractivity contribution in [1.82, 2.24) is 10.3 Å². The fourth-order valence-electron chi connectivity index (χ4n) is 2.87. The summed E-state index contributed by atoms with van der Waals surface area (Å²) in [6.45, 7) is 2.64. The molecule has 1 heterocycles. The zero-order valence-electron chi connectivity index (χ0n) is 15.2. The number of hydrogen-bond acceptors (Lipinski definition) is 8. The van der Waals surface area contributed by atoms with Crippen molar-refractivity contribution in [2.45, 2.75) is 37.1 Å². The van der Waals surface area contributed by atoms with Crippen molar-refractivity contribution in [3.8, 4) is 11.5 Å². The van der Waals surface area contributed by atoms with Gasteiger partial charge in [-0.15, -0.1) is 0 Å². The van der Waals surface area contributed by atoms with Gasteiger partial charge in [-0.2, -0.15) is 5.10 Å². The van der Waals surface area contributed by atoms with E-state index in [9.17, 15) is 38.1 Å². The second-order valence-corrected chi connectivity index (χ2v) is 8.43. The molecule has 2 amide bonds. The van der Waals surface area contributed by atoms with E-state index in [1.54, 1.807) is 6.92 Å². The largest absolute Gasteiger partial charge is 0.504 e. The first kappa shape index (κ1) is 22.4. The number of aliphatic carboxylic acids is 1. The van der Waals surface area contributed by atoms with Crippen LogP contribution < -0.4 is 5.43 Å². The number of hydrazone groups is 1. The maximum atomic E-state index is 12.2. The Labute approximate surface area is 171 Å². The second kappa shape index (κ2) is 8.25. The summed E-state index contributed by atoms with van der Waals surface area (Å²) in [4.78, 5) is 36.6. The minimum atomic E-state index is -3.44. The van der Waals surface area contributed by atoms with Crippen molar-refractivity contribution in [3.63, 3.8) is 0 Å². The van der Waals surface area contributed by atoms with Crippen molar-refractivity contribution in [2.24, 2.45) is 5.10 Å². The molecule has 29 heavy (non-hydrogen) atoms. The number of halogens is 1. The Morgan fingerprint density at radius 3 is 2.52 bits per heavy atom. The van der Waals surface area contributed by atoms with Crippen LogP contribution in [0.4, 0.5) is 0 Å². The average molecular weight is 448 g/mol. The molecular formula is C16H18ClN3O8S. The molecule has 4 N–H and O–H groups in total. The summed E-state index contributed by atoms with van der Waals surface area (Å²) >= 11 is 5.76. The molecule has 3 atom stereocenters. The number of likely N-dealkylation sites (tertiary alicyclic amines) is 1. The third kappa shape index (κ3) is 4.12. The number of phenols is 2. The molecule has 1 fully saturated rings. The highest BCUT2D eigenvalue weighted by molar-refractivity contribution is 7.75. The Bertz CT molecular complexity index is 971. The van der Waals surface area contributed by atoms with Crippen molar-refractivity contribution in [1.29, 1.82) is 0 Å². The van der Waals surface area contributed by atoms with Crippen LogP contribution in [-0.4, -0.2) is 69.5 Å². The second-order valence-electron chi connectivity index (χ2n) is 6.57. The highest BCUT2D eigenvalue weighted by atomic mass is 35.5. The van der Waals surface area contributed by atoms with Gasteiger partial charge in [-0.05, 0) is 26.0 Å². The molecule has 1 aromatic rings. The van der Waals surface area contributed by atoms with Crippen LogP contribution in [0.3, 0.4) is 0 Å². The van der Waals surface area contributed by atoms with Crippen LogP contribution in [0, 0.1) is 0 Å². The third-order valence-electron chi connectivity index (χ3n) is 4.52. The molecule has 0 unspecified atom stereocenters. The summed E-state index contributed by atoms with van der Waals surface area (Å²) in [5.74, 6) is -4.30. The van der Waals surface area contributed by atoms with E-state index >= 15 is 0 Å². The number of thiol groups is 1. The molecule has 2 rings (SSSR count). The van der Waals surface area contributed by atoms with E-state index in [1.807, 2.05) is 5.43 Å². The first-order valence-corrected chi connectivity index (χ1v) is 9.70. The van der Waals surface area contributed by atoms with Crippen LogP contribution in [0.25, 0.3) is 0 Å². The van der Waals surface area contributed by atoms with Crippen molar-refractivity contribution < 1.29 is 38.1 Å². The van der Waals surface area contributed by atoms with Gasteiger partial charge in [0.15, 0.2) is 28.2 Å². The fraction of sp³-hybridized carbons (Fsp3) is 0.375. The number of carbonyl (C=O) groups excluding carboxylic acids is 2. The lowest BCUT2D eigenvalue weighted by Crippen LogP contribution is -2.66. The van der Waals surface area contributed by atoms with Gasteiger partial charge in [0.25, 0.3) is 5.91 Å². The quantitative estimate of drug-likeness (QED) is 0.127. The van der Waals surface area contributed by atoms with Crippen LogP contribution in [0.15, 0.2) is 17.2 Å². The van der Waals surface area contributed by atoms with Gasteiger partial charge in [0.05, 0.1) is 10.6 Å². The Morgan fingerprint density at radius 1 is 1.41 bits per heavy atom. The van der Waals surface area contributed by atoms with Crippen LogP contribution in [0.1, 0.15) is 30.6 Å². The molecule has 158 valence electrons. The van der Waals surface area contributed by atoms with E-state index in [-0.39, 0.29) is 12.0 Å². The van der Waals surface area contributed by atoms with Gasteiger partial charge >= 0.3 is 5.97 Å². The topological polar surface area (TPSA) is 174 Å². The number of aromatic hydroxyl groups is 2. The smallest absolute Gasteiger partial charge is 0.328 e. The van der Waals surface area contributed by atoms with Crippen LogP contribution in [-0.2, 0) is 20.3 Å². The van der Waals surface area contributed by atoms with Crippen molar-refractivity contribution in [2.75, 3.05) is 0 Å². The Balaban J connectivity index is 2.31. The lowest BCUT2D eigenvalue weighted by Gasteiger charge is -2.45. The van der Waals surface area contributed by atoms with Crippen molar-refractivity contribution >= 4 is 46.3 Å². The fourth-order valence-corrected chi connectivity index (χ4v) is 3.70. The molecule has 0 radical (unpaired) electrons. The molecule has 0 aliphatic carbocycles. The molecule has 11 nitrogen and oxygen atoms in total. The van der Waals surface area contributed by atoms with E-state index in [4.69, 9.17) is 11.6 Å². The summed E-state index contributed by atoms with van der Waals surface area (Å²) in [6, 6.07) is -0.118. The normalized spacial score (nSPS) is 19.7. The molecule has 1 aromatic carbocycles. The number of phenolic OH excluding ortho intramolecular Hbond substituents is 2. The van der Waals surface area contributed by atoms with E-state index in [2.05, 4.69) is 5.10 Å². The van der Waals surface area contributed by atoms with E-state index < -0.39 is 61.8 Å². The SMILES string of the molecule is C[C@@H]1CC(=O)N1[C@@H](C(=O)O)[C@](C)(/C=N/NC(=O)c1ccc(O)c(O)c1Cl)[SH](=O)=O. The molecular weight excluding hydrogens is 430 g/mol. The number of carboxylic acid groups (broad SMARTS) is 1. The van der Waals surface area contributed by atoms with E-state index in [1.165, 1.54) is 0 Å². The van der Waals surface area contributed by atoms with Gasteiger partial charge in [0, 0.05) is 18.7 Å². The van der Waals surface area contributed by atoms with Gasteiger partial charge in [-0.3, -0.25) is 9.59 Å². The molecule has 0 aromatic heterocycles. The number of amides is 2. The molecule has 1 saturated heterocycles. The average Bonchev–Trinajstić information content (AvgIpc) is 2.63. The summed E-state index contributed by atoms with van der Waals surface area (Å²) in [7, 11) is -3.44. The highest BCUT2D eigenvalue weighted by Crippen LogP contribution is 2.35. The highest BCUT2D eigenvalue weighted by Gasteiger charge is 2.52. The van der Waals surface area contributed by atoms with Crippen LogP contribution in [0.2, 0.25) is 5.02 Å². The van der Waals surface area contributed by atoms with Crippen LogP contribution >= 0.6 is 11.6 Å². The van der Waals surface area contributed by atoms with E-state index in [0.717, 1.165) is 24.0 Å². The summed E-state index contributed by atoms with van der Waals surface area (Å²) in [5, 5.41) is 31.5. The number of hydrogen-bond donors (Lipinski definition) is 5. The summed E-state index contributed by atoms with van der Waals surface area (Å²) in [5.41, 5.74) is 1.71. The molecule has 0 bridgehead atoms. The van der Waals surface area contributed by atoms with Gasteiger partial charge < -0.3 is 20.2 Å². The zero-order valence-corrected chi connectivity index (χ0v) is 16.8. The van der Waals surface area contributed by atoms with Gasteiger partial charge in [-0.1, -0.05) is 11.6 Å². The minimum absolute atomic E-state index is 0.0895. The number of rotatable bonds is 7. The molecule has 0 saturated carbocycles. The number of β-lactam (4-membered cyclic amide) rings is 1. The first-order valence-electron chi connectivity index (χ1n) is 8.15. The predicted molar refractivity (Wildman–Crippen MR) is 102 cm³/mol. The minimum Gasteiger partial charge on any atom is -0.504 e. The molecule has 1 aliphatic rings. The standard InChI is InChI=1S/C16H18ClN3O8S/c1-7-5-10(22)20(7)13(15(25)26)16(2,29(27)28)6-18-19-14(24)8-3-4-9(21)12(23)11(8)17/h3-4,6-7,13,21,23,29H,5H2,1-2H3,(H,19,24)(H,25,26)/b18-6+/t7-,13+,16+/m1/s1. The van der Waals surface area contributed by atoms with Gasteiger partial charge in [-0.25, -0.2) is 18.6 Å². The zero-order chi connectivity index (χ0) is 22.1. The van der Waals surface area contributed by atoms with Crippen LogP contribution in [0.5, 0.6) is 11.5 Å². The number of benzene rings is 1. The number of nitrogens with one attached hydrogen (secondary N) is 1. The number of nitrogens with zero attached hydrogens (tertiary/aromatic N) is 2. The molecule has 0 spiro atoms. The predicted octanol–water partition coefficient (Wildman–Crippen LogP) is -0.0891. The maximum absolute atomic E-state index is 12.2. The third-order valence-corrected chi connectivity index (χ3v) is 6.05. The van der Waals surface area contributed by atoms with E-state index in [0.29, 0.717) is 6.21 Å². The maximum Gasteiger partial charge on any atom is 0.328 e. The Morgan fingerprint density at radius 2 is 2.03 bits per heavy atom. The Hall–Kier alpha value is -2.86. The van der Waals surface area contributed by atoms with Gasteiger partial charge in [0.2, 0.25) is 5.91 Å². The monoisotopic (exact) mass is 447 g/mol. The number of carbonyl (C=O) groups is 3. The Kier molecular flexibility index (Phi) is 6.38. The molecule has 13 heteroatoms. The summed E-state index contributed by atoms with van der Waals surface area (Å²) < 4.78 is 21.6. The summed E-state index contributed by atoms with van der Waals surface area (Å²) in [6.07, 6.45) is 0.800. The van der Waals surface area contributed by atoms with Crippen molar-refractivity contribution in [3.05, 3.63) is 22.7 Å². The number of carboxylic acids is 1. The van der Waals surface area contributed by atoms with Gasteiger partial charge in [0.1, 0.15) is 4.75 Å². The lowest BCUT2D eigenvalue weighted by atomic mass is 9.92. The lowest BCUT2D eigenvalue weighted by molar-refractivity contribution is -0.161.